The van der Waals surface area contributed by atoms with E-state index in [1.54, 1.807) is 24.3 Å². The van der Waals surface area contributed by atoms with E-state index >= 15 is 0 Å². The number of pyridine rings is 2. The topological polar surface area (TPSA) is 54.9 Å². The maximum Gasteiger partial charge on any atom is 0.414 e. The predicted octanol–water partition coefficient (Wildman–Crippen LogP) is 5.12. The third-order valence-corrected chi connectivity index (χ3v) is 5.10. The van der Waals surface area contributed by atoms with Crippen LogP contribution in [0.1, 0.15) is 57.8 Å². The minimum atomic E-state index is -4.71. The van der Waals surface area contributed by atoms with Gasteiger partial charge in [-0.15, -0.1) is 0 Å². The standard InChI is InChI=1S/C23H19F4N3O/c24-16-8-4-14(5-9-16)13-17-10-11-18(15-6-7-15)20(29-17)22(31)30-21(23(25,26)27)19-3-1-2-12-28-19/h1-5,8-12,15,21H,6-7,13H2,(H,30,31)/t21-/m0/s1. The van der Waals surface area contributed by atoms with E-state index < -0.39 is 18.1 Å². The number of benzene rings is 1. The summed E-state index contributed by atoms with van der Waals surface area (Å²) in [5, 5.41) is 2.07. The molecule has 0 bridgehead atoms. The van der Waals surface area contributed by atoms with Crippen molar-refractivity contribution in [3.8, 4) is 0 Å². The molecule has 8 heteroatoms. The van der Waals surface area contributed by atoms with Crippen molar-refractivity contribution in [2.45, 2.75) is 37.4 Å². The number of halogens is 4. The fourth-order valence-corrected chi connectivity index (χ4v) is 3.40. The van der Waals surface area contributed by atoms with Crippen LogP contribution >= 0.6 is 0 Å². The average Bonchev–Trinajstić information content (AvgIpc) is 3.58. The van der Waals surface area contributed by atoms with Gasteiger partial charge in [0.1, 0.15) is 11.5 Å². The molecule has 160 valence electrons. The molecule has 2 aromatic heterocycles. The second-order valence-electron chi connectivity index (χ2n) is 7.52. The lowest BCUT2D eigenvalue weighted by atomic mass is 10.0. The number of hydrogen-bond acceptors (Lipinski definition) is 3. The number of aromatic nitrogens is 2. The molecule has 1 saturated carbocycles. The lowest BCUT2D eigenvalue weighted by molar-refractivity contribution is -0.156. The minimum absolute atomic E-state index is 0.00714. The molecule has 0 spiro atoms. The summed E-state index contributed by atoms with van der Waals surface area (Å²) in [5.74, 6) is -1.14. The van der Waals surface area contributed by atoms with Crippen LogP contribution in [0.3, 0.4) is 0 Å². The number of carbonyl (C=O) groups is 1. The Bertz CT molecular complexity index is 1060. The summed E-state index contributed by atoms with van der Waals surface area (Å²) in [6.07, 6.45) is -1.41. The van der Waals surface area contributed by atoms with Gasteiger partial charge in [0.25, 0.3) is 5.91 Å². The van der Waals surface area contributed by atoms with Gasteiger partial charge in [-0.2, -0.15) is 13.2 Å². The molecule has 3 aromatic rings. The van der Waals surface area contributed by atoms with Crippen molar-refractivity contribution in [3.63, 3.8) is 0 Å². The first kappa shape index (κ1) is 21.0. The summed E-state index contributed by atoms with van der Waals surface area (Å²) < 4.78 is 54.1. The second kappa shape index (κ2) is 8.45. The Morgan fingerprint density at radius 1 is 1.06 bits per heavy atom. The molecule has 4 rings (SSSR count). The Kier molecular flexibility index (Phi) is 5.71. The van der Waals surface area contributed by atoms with Gasteiger partial charge in [-0.1, -0.05) is 24.3 Å². The number of rotatable bonds is 6. The van der Waals surface area contributed by atoms with Crippen LogP contribution in [0.25, 0.3) is 0 Å². The fourth-order valence-electron chi connectivity index (χ4n) is 3.40. The third-order valence-electron chi connectivity index (χ3n) is 5.10. The van der Waals surface area contributed by atoms with Crippen molar-refractivity contribution < 1.29 is 22.4 Å². The molecule has 0 saturated heterocycles. The zero-order valence-corrected chi connectivity index (χ0v) is 16.4. The highest BCUT2D eigenvalue weighted by Crippen LogP contribution is 2.41. The Hall–Kier alpha value is -3.29. The molecule has 2 heterocycles. The Morgan fingerprint density at radius 2 is 1.81 bits per heavy atom. The molecule has 1 aliphatic rings. The summed E-state index contributed by atoms with van der Waals surface area (Å²) in [4.78, 5) is 21.1. The molecular weight excluding hydrogens is 410 g/mol. The zero-order valence-electron chi connectivity index (χ0n) is 16.4. The van der Waals surface area contributed by atoms with Crippen LogP contribution in [0.2, 0.25) is 0 Å². The summed E-state index contributed by atoms with van der Waals surface area (Å²) in [5.41, 5.74) is 1.64. The molecule has 0 aliphatic heterocycles. The summed E-state index contributed by atoms with van der Waals surface area (Å²) in [6, 6.07) is 11.3. The number of nitrogens with one attached hydrogen (secondary N) is 1. The van der Waals surface area contributed by atoms with Gasteiger partial charge in [0, 0.05) is 18.3 Å². The maximum atomic E-state index is 13.6. The van der Waals surface area contributed by atoms with Crippen molar-refractivity contribution >= 4 is 5.91 Å². The van der Waals surface area contributed by atoms with Crippen molar-refractivity contribution in [3.05, 3.63) is 94.8 Å². The second-order valence-corrected chi connectivity index (χ2v) is 7.52. The van der Waals surface area contributed by atoms with Gasteiger partial charge in [-0.3, -0.25) is 9.78 Å². The first-order valence-electron chi connectivity index (χ1n) is 9.84. The van der Waals surface area contributed by atoms with Crippen molar-refractivity contribution in [2.24, 2.45) is 0 Å². The SMILES string of the molecule is O=C(N[C@@H](c1ccccn1)C(F)(F)F)c1nc(Cc2ccc(F)cc2)ccc1C1CC1. The molecule has 1 fully saturated rings. The fraction of sp³-hybridized carbons (Fsp3) is 0.261. The molecule has 1 aliphatic carbocycles. The van der Waals surface area contributed by atoms with Crippen LogP contribution in [-0.2, 0) is 6.42 Å². The lowest BCUT2D eigenvalue weighted by Gasteiger charge is -2.21. The van der Waals surface area contributed by atoms with Crippen LogP contribution in [0.5, 0.6) is 0 Å². The van der Waals surface area contributed by atoms with Gasteiger partial charge < -0.3 is 5.32 Å². The van der Waals surface area contributed by atoms with Crippen molar-refractivity contribution in [1.82, 2.24) is 15.3 Å². The van der Waals surface area contributed by atoms with E-state index in [4.69, 9.17) is 0 Å². The number of amides is 1. The van der Waals surface area contributed by atoms with Crippen LogP contribution in [0, 0.1) is 5.82 Å². The smallest absolute Gasteiger partial charge is 0.334 e. The number of hydrogen-bond donors (Lipinski definition) is 1. The first-order valence-corrected chi connectivity index (χ1v) is 9.84. The number of alkyl halides is 3. The zero-order chi connectivity index (χ0) is 22.0. The first-order chi connectivity index (χ1) is 14.8. The van der Waals surface area contributed by atoms with Crippen LogP contribution in [0.15, 0.2) is 60.8 Å². The molecule has 1 amide bonds. The van der Waals surface area contributed by atoms with Gasteiger partial charge in [-0.25, -0.2) is 9.37 Å². The van der Waals surface area contributed by atoms with Crippen LogP contribution < -0.4 is 5.32 Å². The Balaban J connectivity index is 1.63. The van der Waals surface area contributed by atoms with E-state index in [1.807, 2.05) is 0 Å². The number of nitrogens with zero attached hydrogens (tertiary/aromatic N) is 2. The highest BCUT2D eigenvalue weighted by molar-refractivity contribution is 5.94. The molecular formula is C23H19F4N3O. The largest absolute Gasteiger partial charge is 0.414 e. The van der Waals surface area contributed by atoms with Crippen molar-refractivity contribution in [2.75, 3.05) is 0 Å². The molecule has 0 unspecified atom stereocenters. The summed E-state index contributed by atoms with van der Waals surface area (Å²) in [6.45, 7) is 0. The van der Waals surface area contributed by atoms with E-state index in [-0.39, 0.29) is 23.1 Å². The molecule has 4 nitrogen and oxygen atoms in total. The van der Waals surface area contributed by atoms with E-state index in [1.165, 1.54) is 36.5 Å². The van der Waals surface area contributed by atoms with Gasteiger partial charge in [0.05, 0.1) is 5.69 Å². The van der Waals surface area contributed by atoms with E-state index in [0.717, 1.165) is 18.4 Å². The average molecular weight is 429 g/mol. The normalized spacial score (nSPS) is 14.8. The summed E-state index contributed by atoms with van der Waals surface area (Å²) >= 11 is 0. The molecule has 1 N–H and O–H groups in total. The molecule has 1 atom stereocenters. The van der Waals surface area contributed by atoms with Crippen LogP contribution in [0.4, 0.5) is 17.6 Å². The van der Waals surface area contributed by atoms with Gasteiger partial charge in [-0.05, 0) is 60.2 Å². The molecule has 0 radical (unpaired) electrons. The monoisotopic (exact) mass is 429 g/mol. The Morgan fingerprint density at radius 3 is 2.42 bits per heavy atom. The quantitative estimate of drug-likeness (QED) is 0.554. The number of carbonyl (C=O) groups excluding carboxylic acids is 1. The molecule has 1 aromatic carbocycles. The third kappa shape index (κ3) is 5.07. The van der Waals surface area contributed by atoms with Gasteiger partial charge in [0.15, 0.2) is 6.04 Å². The Labute approximate surface area is 176 Å². The van der Waals surface area contributed by atoms with E-state index in [0.29, 0.717) is 17.7 Å². The van der Waals surface area contributed by atoms with Crippen molar-refractivity contribution in [1.29, 1.82) is 0 Å². The van der Waals surface area contributed by atoms with Crippen LogP contribution in [-0.4, -0.2) is 22.1 Å². The highest BCUT2D eigenvalue weighted by Gasteiger charge is 2.43. The lowest BCUT2D eigenvalue weighted by Crippen LogP contribution is -2.39. The van der Waals surface area contributed by atoms with Gasteiger partial charge >= 0.3 is 6.18 Å². The van der Waals surface area contributed by atoms with E-state index in [2.05, 4.69) is 15.3 Å². The maximum absolute atomic E-state index is 13.6. The summed E-state index contributed by atoms with van der Waals surface area (Å²) in [7, 11) is 0. The minimum Gasteiger partial charge on any atom is -0.334 e. The van der Waals surface area contributed by atoms with E-state index in [9.17, 15) is 22.4 Å². The predicted molar refractivity (Wildman–Crippen MR) is 106 cm³/mol. The molecule has 31 heavy (non-hydrogen) atoms. The highest BCUT2D eigenvalue weighted by atomic mass is 19.4. The van der Waals surface area contributed by atoms with Gasteiger partial charge in [0.2, 0.25) is 0 Å².